The molecule has 0 fully saturated rings. The Hall–Kier alpha value is -2.68. The Morgan fingerprint density at radius 2 is 1.11 bits per heavy atom. The van der Waals surface area contributed by atoms with Gasteiger partial charge in [0.2, 0.25) is 0 Å². The van der Waals surface area contributed by atoms with Crippen molar-refractivity contribution in [2.75, 3.05) is 19.0 Å². The first-order chi connectivity index (χ1) is 18.5. The van der Waals surface area contributed by atoms with Gasteiger partial charge in [-0.25, -0.2) is 0 Å². The van der Waals surface area contributed by atoms with Crippen LogP contribution in [0, 0.1) is 0 Å². The highest BCUT2D eigenvalue weighted by molar-refractivity contribution is 6.41. The maximum absolute atomic E-state index is 13.1. The summed E-state index contributed by atoms with van der Waals surface area (Å²) in [5, 5.41) is 0. The predicted octanol–water partition coefficient (Wildman–Crippen LogP) is 9.63. The number of Topliss-reactive ketones (excluding diaryl/α,β-unsaturated/α-hetero) is 2. The van der Waals surface area contributed by atoms with E-state index < -0.39 is 0 Å². The number of ketones is 2. The van der Waals surface area contributed by atoms with Gasteiger partial charge in [-0.1, -0.05) is 121 Å². The number of carbonyl (C=O) groups is 2. The summed E-state index contributed by atoms with van der Waals surface area (Å²) in [6.45, 7) is 2.28. The maximum atomic E-state index is 13.1. The molecule has 2 aromatic rings. The van der Waals surface area contributed by atoms with Crippen molar-refractivity contribution in [2.24, 2.45) is 0 Å². The molecule has 38 heavy (non-hydrogen) atoms. The summed E-state index contributed by atoms with van der Waals surface area (Å²) >= 11 is 0. The third-order valence-electron chi connectivity index (χ3n) is 7.85. The quantitative estimate of drug-likeness (QED) is 0.113. The van der Waals surface area contributed by atoms with E-state index in [2.05, 4.69) is 6.92 Å². The minimum absolute atomic E-state index is 0.139. The lowest BCUT2D eigenvalue weighted by atomic mass is 10.00. The van der Waals surface area contributed by atoms with Crippen LogP contribution in [0.1, 0.15) is 135 Å². The molecule has 0 bridgehead atoms. The minimum Gasteiger partial charge on any atom is -0.378 e. The van der Waals surface area contributed by atoms with E-state index >= 15 is 0 Å². The fourth-order valence-corrected chi connectivity index (χ4v) is 5.39. The Morgan fingerprint density at radius 1 is 0.605 bits per heavy atom. The number of benzene rings is 2. The molecule has 3 heteroatoms. The third-order valence-corrected chi connectivity index (χ3v) is 7.85. The van der Waals surface area contributed by atoms with Crippen LogP contribution in [0.5, 0.6) is 0 Å². The zero-order valence-electron chi connectivity index (χ0n) is 24.2. The fraction of sp³-hybridized carbons (Fsp3) is 0.543. The second kappa shape index (κ2) is 16.3. The Bertz CT molecular complexity index is 1050. The molecule has 0 amide bonds. The summed E-state index contributed by atoms with van der Waals surface area (Å²) in [5.41, 5.74) is 4.52. The monoisotopic (exact) mass is 515 g/mol. The van der Waals surface area contributed by atoms with Gasteiger partial charge in [0.15, 0.2) is 11.6 Å². The van der Waals surface area contributed by atoms with Crippen molar-refractivity contribution in [3.8, 4) is 0 Å². The van der Waals surface area contributed by atoms with Gasteiger partial charge in [0, 0.05) is 30.9 Å². The highest BCUT2D eigenvalue weighted by Crippen LogP contribution is 2.29. The molecular weight excluding hydrogens is 466 g/mol. The SMILES string of the molecule is CCCCCCCCCCCCCCCCCc1ccc2c(c1)C(=O)/C(=C\c1ccc(N(C)C)cc1)C2=O. The van der Waals surface area contributed by atoms with Crippen LogP contribution in [0.3, 0.4) is 0 Å². The van der Waals surface area contributed by atoms with E-state index in [9.17, 15) is 9.59 Å². The van der Waals surface area contributed by atoms with Gasteiger partial charge in [0.05, 0.1) is 5.57 Å². The number of anilines is 1. The molecule has 206 valence electrons. The van der Waals surface area contributed by atoms with E-state index in [-0.39, 0.29) is 17.1 Å². The average molecular weight is 516 g/mol. The molecule has 0 heterocycles. The van der Waals surface area contributed by atoms with Crippen LogP contribution >= 0.6 is 0 Å². The Balaban J connectivity index is 1.33. The molecule has 0 atom stereocenters. The van der Waals surface area contributed by atoms with Gasteiger partial charge < -0.3 is 4.90 Å². The first-order valence-electron chi connectivity index (χ1n) is 15.2. The maximum Gasteiger partial charge on any atom is 0.197 e. The highest BCUT2D eigenvalue weighted by atomic mass is 16.2. The summed E-state index contributed by atoms with van der Waals surface area (Å²) in [6, 6.07) is 13.7. The van der Waals surface area contributed by atoms with E-state index in [1.54, 1.807) is 6.08 Å². The molecule has 3 nitrogen and oxygen atoms in total. The molecular formula is C35H49NO2. The van der Waals surface area contributed by atoms with Crippen molar-refractivity contribution in [3.05, 3.63) is 70.3 Å². The first kappa shape index (κ1) is 29.9. The Kier molecular flexibility index (Phi) is 12.8. The Labute approximate surface area is 231 Å². The van der Waals surface area contributed by atoms with Crippen molar-refractivity contribution in [1.29, 1.82) is 0 Å². The number of aryl methyl sites for hydroxylation is 1. The van der Waals surface area contributed by atoms with Crippen LogP contribution in [0.15, 0.2) is 48.0 Å². The molecule has 0 N–H and O–H groups in total. The molecule has 0 saturated carbocycles. The van der Waals surface area contributed by atoms with Crippen LogP contribution in [0.25, 0.3) is 6.08 Å². The number of hydrogen-bond acceptors (Lipinski definition) is 3. The Morgan fingerprint density at radius 3 is 1.63 bits per heavy atom. The number of carbonyl (C=O) groups excluding carboxylic acids is 2. The standard InChI is InChI=1S/C35H49NO2/c1-4-5-6-7-8-9-10-11-12-13-14-15-16-17-18-19-28-22-25-31-32(26-28)35(38)33(34(31)37)27-29-20-23-30(24-21-29)36(2)3/h20-27H,4-19H2,1-3H3/b33-27-. The summed E-state index contributed by atoms with van der Waals surface area (Å²) in [4.78, 5) is 28.0. The minimum atomic E-state index is -0.153. The molecule has 0 aromatic heterocycles. The van der Waals surface area contributed by atoms with Crippen LogP contribution in [-0.2, 0) is 6.42 Å². The third kappa shape index (κ3) is 9.26. The van der Waals surface area contributed by atoms with Gasteiger partial charge in [-0.3, -0.25) is 9.59 Å². The molecule has 1 aliphatic rings. The zero-order chi connectivity index (χ0) is 27.2. The average Bonchev–Trinajstić information content (AvgIpc) is 3.15. The molecule has 2 aromatic carbocycles. The summed E-state index contributed by atoms with van der Waals surface area (Å²) in [7, 11) is 3.98. The van der Waals surface area contributed by atoms with Crippen molar-refractivity contribution in [3.63, 3.8) is 0 Å². The smallest absolute Gasteiger partial charge is 0.197 e. The number of rotatable bonds is 18. The largest absolute Gasteiger partial charge is 0.378 e. The molecule has 0 radical (unpaired) electrons. The van der Waals surface area contributed by atoms with Gasteiger partial charge in [-0.15, -0.1) is 0 Å². The second-order valence-electron chi connectivity index (χ2n) is 11.3. The highest BCUT2D eigenvalue weighted by Gasteiger charge is 2.33. The lowest BCUT2D eigenvalue weighted by molar-refractivity contribution is 0.0990. The lowest BCUT2D eigenvalue weighted by Crippen LogP contribution is -2.08. The summed E-state index contributed by atoms with van der Waals surface area (Å²) in [5.74, 6) is -0.291. The molecule has 0 unspecified atom stereocenters. The number of unbranched alkanes of at least 4 members (excludes halogenated alkanes) is 14. The molecule has 1 aliphatic carbocycles. The summed E-state index contributed by atoms with van der Waals surface area (Å²) < 4.78 is 0. The van der Waals surface area contributed by atoms with E-state index in [1.807, 2.05) is 61.5 Å². The van der Waals surface area contributed by atoms with E-state index in [4.69, 9.17) is 0 Å². The van der Waals surface area contributed by atoms with E-state index in [0.29, 0.717) is 11.1 Å². The van der Waals surface area contributed by atoms with Crippen LogP contribution < -0.4 is 4.90 Å². The first-order valence-corrected chi connectivity index (χ1v) is 15.2. The predicted molar refractivity (Wildman–Crippen MR) is 162 cm³/mol. The van der Waals surface area contributed by atoms with Crippen molar-refractivity contribution < 1.29 is 9.59 Å². The van der Waals surface area contributed by atoms with Gasteiger partial charge in [-0.2, -0.15) is 0 Å². The molecule has 0 aliphatic heterocycles. The van der Waals surface area contributed by atoms with E-state index in [1.165, 1.54) is 89.9 Å². The summed E-state index contributed by atoms with van der Waals surface area (Å²) in [6.07, 6.45) is 23.1. The zero-order valence-corrected chi connectivity index (χ0v) is 24.2. The van der Waals surface area contributed by atoms with Gasteiger partial charge in [0.25, 0.3) is 0 Å². The van der Waals surface area contributed by atoms with Crippen LogP contribution in [0.4, 0.5) is 5.69 Å². The van der Waals surface area contributed by atoms with Crippen molar-refractivity contribution in [2.45, 2.75) is 110 Å². The second-order valence-corrected chi connectivity index (χ2v) is 11.3. The number of hydrogen-bond donors (Lipinski definition) is 0. The molecule has 0 saturated heterocycles. The number of nitrogens with zero attached hydrogens (tertiary/aromatic N) is 1. The van der Waals surface area contributed by atoms with Crippen LogP contribution in [-0.4, -0.2) is 25.7 Å². The molecule has 3 rings (SSSR count). The van der Waals surface area contributed by atoms with Gasteiger partial charge >= 0.3 is 0 Å². The number of allylic oxidation sites excluding steroid dienone is 1. The van der Waals surface area contributed by atoms with Gasteiger partial charge in [0.1, 0.15) is 0 Å². The van der Waals surface area contributed by atoms with Gasteiger partial charge in [-0.05, 0) is 48.2 Å². The molecule has 0 spiro atoms. The van der Waals surface area contributed by atoms with Crippen molar-refractivity contribution in [1.82, 2.24) is 0 Å². The van der Waals surface area contributed by atoms with Crippen molar-refractivity contribution >= 4 is 23.3 Å². The number of fused-ring (bicyclic) bond motifs is 1. The lowest BCUT2D eigenvalue weighted by Gasteiger charge is -2.11. The topological polar surface area (TPSA) is 37.4 Å². The van der Waals surface area contributed by atoms with Crippen LogP contribution in [0.2, 0.25) is 0 Å². The van der Waals surface area contributed by atoms with E-state index in [0.717, 1.165) is 29.7 Å². The normalized spacial score (nSPS) is 13.9. The fourth-order valence-electron chi connectivity index (χ4n) is 5.39.